The highest BCUT2D eigenvalue weighted by molar-refractivity contribution is 5.86. The molecule has 0 bridgehead atoms. The van der Waals surface area contributed by atoms with E-state index in [9.17, 15) is 39.9 Å². The monoisotopic (exact) mass is 342 g/mol. The van der Waals surface area contributed by atoms with Crippen LogP contribution in [0.3, 0.4) is 0 Å². The van der Waals surface area contributed by atoms with Gasteiger partial charge in [0.2, 0.25) is 0 Å². The Morgan fingerprint density at radius 3 is 1.82 bits per heavy atom. The first-order valence-electron chi connectivity index (χ1n) is 6.08. The van der Waals surface area contributed by atoms with Gasteiger partial charge in [0.1, 0.15) is 0 Å². The number of carbonyl (C=O) groups is 1. The third-order valence-electron chi connectivity index (χ3n) is 2.85. The van der Waals surface area contributed by atoms with Crippen LogP contribution in [0.2, 0.25) is 0 Å². The van der Waals surface area contributed by atoms with E-state index in [0.717, 1.165) is 0 Å². The second-order valence-electron chi connectivity index (χ2n) is 4.71. The second-order valence-corrected chi connectivity index (χ2v) is 4.71. The minimum Gasteiger partial charge on any atom is -0.478 e. The first-order chi connectivity index (χ1) is 9.64. The summed E-state index contributed by atoms with van der Waals surface area (Å²) in [6.07, 6.45) is -3.27. The SMILES string of the molecule is CCCCC(F)(F)C(F)(F)C(F)(F)C(F)(F)C=C(C)C(=O)O. The first kappa shape index (κ1) is 20.6. The van der Waals surface area contributed by atoms with Gasteiger partial charge in [-0.1, -0.05) is 13.3 Å². The fraction of sp³-hybridized carbons (Fsp3) is 0.750. The van der Waals surface area contributed by atoms with Gasteiger partial charge in [-0.3, -0.25) is 0 Å². The molecule has 0 aliphatic rings. The van der Waals surface area contributed by atoms with Crippen LogP contribution in [0.15, 0.2) is 11.6 Å². The Balaban J connectivity index is 5.77. The molecule has 0 spiro atoms. The Morgan fingerprint density at radius 1 is 1.00 bits per heavy atom. The Labute approximate surface area is 120 Å². The van der Waals surface area contributed by atoms with E-state index in [1.165, 1.54) is 6.92 Å². The zero-order valence-corrected chi connectivity index (χ0v) is 11.6. The van der Waals surface area contributed by atoms with E-state index in [4.69, 9.17) is 5.11 Å². The molecule has 0 amide bonds. The van der Waals surface area contributed by atoms with Crippen LogP contribution < -0.4 is 0 Å². The molecule has 0 heterocycles. The molecule has 0 aromatic rings. The maximum absolute atomic E-state index is 13.3. The summed E-state index contributed by atoms with van der Waals surface area (Å²) in [5.74, 6) is -26.0. The highest BCUT2D eigenvalue weighted by Crippen LogP contribution is 2.54. The van der Waals surface area contributed by atoms with Crippen molar-refractivity contribution in [3.63, 3.8) is 0 Å². The van der Waals surface area contributed by atoms with Gasteiger partial charge in [0.05, 0.1) is 0 Å². The summed E-state index contributed by atoms with van der Waals surface area (Å²) in [5, 5.41) is 8.31. The summed E-state index contributed by atoms with van der Waals surface area (Å²) >= 11 is 0. The highest BCUT2D eigenvalue weighted by atomic mass is 19.4. The zero-order valence-electron chi connectivity index (χ0n) is 11.6. The van der Waals surface area contributed by atoms with E-state index in [1.54, 1.807) is 0 Å². The van der Waals surface area contributed by atoms with Gasteiger partial charge in [-0.2, -0.15) is 35.1 Å². The number of alkyl halides is 8. The van der Waals surface area contributed by atoms with Crippen LogP contribution >= 0.6 is 0 Å². The predicted molar refractivity (Wildman–Crippen MR) is 60.7 cm³/mol. The van der Waals surface area contributed by atoms with E-state index in [1.807, 2.05) is 0 Å². The average Bonchev–Trinajstić information content (AvgIpc) is 2.34. The first-order valence-corrected chi connectivity index (χ1v) is 6.08. The molecule has 10 heteroatoms. The van der Waals surface area contributed by atoms with Crippen molar-refractivity contribution < 1.29 is 45.0 Å². The zero-order chi connectivity index (χ0) is 18.0. The van der Waals surface area contributed by atoms with Gasteiger partial charge in [0.25, 0.3) is 0 Å². The fourth-order valence-electron chi connectivity index (χ4n) is 1.42. The van der Waals surface area contributed by atoms with Crippen LogP contribution in [-0.2, 0) is 4.79 Å². The number of halogens is 8. The molecule has 130 valence electrons. The van der Waals surface area contributed by atoms with Crippen molar-refractivity contribution in [2.75, 3.05) is 0 Å². The van der Waals surface area contributed by atoms with E-state index in [-0.39, 0.29) is 6.42 Å². The molecular weight excluding hydrogens is 328 g/mol. The van der Waals surface area contributed by atoms with Crippen molar-refractivity contribution in [1.29, 1.82) is 0 Å². The van der Waals surface area contributed by atoms with Gasteiger partial charge in [0, 0.05) is 18.1 Å². The number of allylic oxidation sites excluding steroid dienone is 1. The maximum Gasteiger partial charge on any atom is 0.381 e. The fourth-order valence-corrected chi connectivity index (χ4v) is 1.42. The number of unbranched alkanes of at least 4 members (excludes halogenated alkanes) is 1. The van der Waals surface area contributed by atoms with Gasteiger partial charge < -0.3 is 5.11 Å². The minimum absolute atomic E-state index is 0.0361. The van der Waals surface area contributed by atoms with Crippen molar-refractivity contribution >= 4 is 5.97 Å². The van der Waals surface area contributed by atoms with Crippen molar-refractivity contribution in [2.45, 2.75) is 56.8 Å². The van der Waals surface area contributed by atoms with Gasteiger partial charge in [-0.25, -0.2) is 4.79 Å². The summed E-state index contributed by atoms with van der Waals surface area (Å²) < 4.78 is 106. The predicted octanol–water partition coefficient (Wildman–Crippen LogP) is 4.75. The molecule has 0 aromatic carbocycles. The van der Waals surface area contributed by atoms with Crippen molar-refractivity contribution in [3.8, 4) is 0 Å². The summed E-state index contributed by atoms with van der Waals surface area (Å²) in [7, 11) is 0. The van der Waals surface area contributed by atoms with Gasteiger partial charge >= 0.3 is 29.7 Å². The van der Waals surface area contributed by atoms with Gasteiger partial charge in [0.15, 0.2) is 0 Å². The number of rotatable bonds is 8. The van der Waals surface area contributed by atoms with Crippen LogP contribution in [0.25, 0.3) is 0 Å². The van der Waals surface area contributed by atoms with E-state index >= 15 is 0 Å². The second kappa shape index (κ2) is 6.41. The van der Waals surface area contributed by atoms with Crippen LogP contribution in [0.1, 0.15) is 33.1 Å². The average molecular weight is 342 g/mol. The lowest BCUT2D eigenvalue weighted by molar-refractivity contribution is -0.356. The molecule has 0 saturated heterocycles. The lowest BCUT2D eigenvalue weighted by Crippen LogP contribution is -2.61. The summed E-state index contributed by atoms with van der Waals surface area (Å²) in [6, 6.07) is 0. The number of carboxylic acid groups (broad SMARTS) is 1. The van der Waals surface area contributed by atoms with Crippen molar-refractivity contribution in [2.24, 2.45) is 0 Å². The standard InChI is InChI=1S/C12H14F8O2/c1-3-4-5-9(13,14)11(17,18)12(19,20)10(15,16)6-7(2)8(21)22/h6H,3-5H2,1-2H3,(H,21,22). The molecular formula is C12H14F8O2. The molecule has 0 radical (unpaired) electrons. The smallest absolute Gasteiger partial charge is 0.381 e. The molecule has 0 aliphatic carbocycles. The lowest BCUT2D eigenvalue weighted by Gasteiger charge is -2.36. The highest BCUT2D eigenvalue weighted by Gasteiger charge is 2.79. The Morgan fingerprint density at radius 2 is 1.45 bits per heavy atom. The van der Waals surface area contributed by atoms with E-state index in [0.29, 0.717) is 6.92 Å². The Hall–Kier alpha value is -1.35. The molecule has 0 rings (SSSR count). The topological polar surface area (TPSA) is 37.3 Å². The van der Waals surface area contributed by atoms with Gasteiger partial charge in [-0.15, -0.1) is 0 Å². The van der Waals surface area contributed by atoms with Crippen LogP contribution in [0.5, 0.6) is 0 Å². The minimum atomic E-state index is -6.46. The van der Waals surface area contributed by atoms with Crippen molar-refractivity contribution in [3.05, 3.63) is 11.6 Å². The third kappa shape index (κ3) is 3.70. The summed E-state index contributed by atoms with van der Waals surface area (Å²) in [5.41, 5.74) is -1.38. The molecule has 0 aromatic heterocycles. The molecule has 0 fully saturated rings. The summed E-state index contributed by atoms with van der Waals surface area (Å²) in [4.78, 5) is 10.3. The Kier molecular flexibility index (Phi) is 6.02. The van der Waals surface area contributed by atoms with Crippen LogP contribution in [0.4, 0.5) is 35.1 Å². The summed E-state index contributed by atoms with van der Waals surface area (Å²) in [6.45, 7) is 1.76. The number of hydrogen-bond acceptors (Lipinski definition) is 1. The third-order valence-corrected chi connectivity index (χ3v) is 2.85. The molecule has 0 atom stereocenters. The van der Waals surface area contributed by atoms with Gasteiger partial charge in [-0.05, 0) is 13.3 Å². The number of carboxylic acids is 1. The Bertz CT molecular complexity index is 442. The molecule has 0 unspecified atom stereocenters. The number of aliphatic carboxylic acids is 1. The normalized spacial score (nSPS) is 15.1. The number of hydrogen-bond donors (Lipinski definition) is 1. The van der Waals surface area contributed by atoms with Crippen molar-refractivity contribution in [1.82, 2.24) is 0 Å². The molecule has 1 N–H and O–H groups in total. The molecule has 2 nitrogen and oxygen atoms in total. The van der Waals surface area contributed by atoms with E-state index < -0.39 is 54.2 Å². The molecule has 0 saturated carbocycles. The largest absolute Gasteiger partial charge is 0.478 e. The molecule has 0 aliphatic heterocycles. The van der Waals surface area contributed by atoms with Crippen LogP contribution in [0, 0.1) is 0 Å². The lowest BCUT2D eigenvalue weighted by atomic mass is 9.94. The maximum atomic E-state index is 13.3. The quantitative estimate of drug-likeness (QED) is 0.511. The van der Waals surface area contributed by atoms with Crippen LogP contribution in [-0.4, -0.2) is 34.8 Å². The molecule has 22 heavy (non-hydrogen) atoms. The van der Waals surface area contributed by atoms with E-state index in [2.05, 4.69) is 0 Å².